The number of alkyl halides is 2. The summed E-state index contributed by atoms with van der Waals surface area (Å²) in [5.74, 6) is -2.64. The van der Waals surface area contributed by atoms with E-state index in [1.807, 2.05) is 13.8 Å². The van der Waals surface area contributed by atoms with Gasteiger partial charge in [0.25, 0.3) is 0 Å². The van der Waals surface area contributed by atoms with E-state index in [-0.39, 0.29) is 68.5 Å². The van der Waals surface area contributed by atoms with Crippen LogP contribution in [0.4, 0.5) is 29.7 Å². The predicted octanol–water partition coefficient (Wildman–Crippen LogP) is 6.48. The van der Waals surface area contributed by atoms with Gasteiger partial charge in [-0.15, -0.1) is 0 Å². The predicted molar refractivity (Wildman–Crippen MR) is 247 cm³/mol. The molecule has 0 spiro atoms. The first-order chi connectivity index (χ1) is 32.2. The Hall–Kier alpha value is -5.72. The van der Waals surface area contributed by atoms with Crippen LogP contribution in [0.3, 0.4) is 0 Å². The largest absolute Gasteiger partial charge is 0.486 e. The number of urea groups is 1. The third-order valence-corrected chi connectivity index (χ3v) is 15.1. The number of ketones is 2. The molecule has 1 saturated heterocycles. The van der Waals surface area contributed by atoms with Crippen LogP contribution in [-0.4, -0.2) is 90.6 Å². The lowest BCUT2D eigenvalue weighted by molar-refractivity contribution is -0.202. The van der Waals surface area contributed by atoms with Gasteiger partial charge in [-0.25, -0.2) is 18.4 Å². The van der Waals surface area contributed by atoms with Gasteiger partial charge in [-0.05, 0) is 123 Å². The number of Topliss-reactive ketones (excluding diaryl/α,β-unsaturated/α-hetero) is 1. The minimum Gasteiger partial charge on any atom is -0.486 e. The van der Waals surface area contributed by atoms with Gasteiger partial charge in [0, 0.05) is 34.7 Å². The second kappa shape index (κ2) is 20.1. The topological polar surface area (TPSA) is 240 Å². The number of carbonyl (C=O) groups is 6. The number of amides is 5. The maximum Gasteiger partial charge on any atom is 0.411 e. The second-order valence-electron chi connectivity index (χ2n) is 19.6. The number of hydrogen-bond donors (Lipinski definition) is 6. The minimum atomic E-state index is -1.84. The van der Waals surface area contributed by atoms with Crippen LogP contribution in [0.5, 0.6) is 5.75 Å². The fourth-order valence-corrected chi connectivity index (χ4v) is 11.2. The van der Waals surface area contributed by atoms with Gasteiger partial charge in [0.05, 0.1) is 12.1 Å². The van der Waals surface area contributed by atoms with E-state index in [1.165, 1.54) is 18.2 Å². The molecule has 5 aliphatic rings. The zero-order valence-electron chi connectivity index (χ0n) is 39.2. The molecule has 1 unspecified atom stereocenters. The zero-order chi connectivity index (χ0) is 49.2. The third kappa shape index (κ3) is 9.63. The highest BCUT2D eigenvalue weighted by Gasteiger charge is 2.78. The Balaban J connectivity index is 0.928. The molecule has 2 aromatic carbocycles. The lowest BCUT2D eigenvalue weighted by Crippen LogP contribution is -2.66. The summed E-state index contributed by atoms with van der Waals surface area (Å²) in [6.07, 6.45) is 3.00. The SMILES string of the molecule is CCCC1O[C@@H]2C[C@H]3[C@@H]4C[C@H](F)C5=CC(=O)C=C[C@]5(C)[C@@]4(F)CC[C@]3(C)[C@]2(C(=O)COc2ccc(NC(=O)OCc3ccc(NC(=O)[C@H](CCCNC(N)=O)NC(=O)[C@@H](N)C(C)C)cc3)cc2)O1. The Bertz CT molecular complexity index is 2310. The molecule has 18 heteroatoms. The van der Waals surface area contributed by atoms with Gasteiger partial charge in [-0.1, -0.05) is 52.3 Å². The Morgan fingerprint density at radius 1 is 0.941 bits per heavy atom. The van der Waals surface area contributed by atoms with Crippen molar-refractivity contribution in [3.63, 3.8) is 0 Å². The second-order valence-corrected chi connectivity index (χ2v) is 19.6. The molecule has 0 bridgehead atoms. The maximum atomic E-state index is 17.7. The first-order valence-corrected chi connectivity index (χ1v) is 23.5. The normalized spacial score (nSPS) is 30.9. The van der Waals surface area contributed by atoms with Crippen LogP contribution in [0.2, 0.25) is 0 Å². The number of ether oxygens (including phenoxy) is 4. The Morgan fingerprint density at radius 3 is 2.31 bits per heavy atom. The summed E-state index contributed by atoms with van der Waals surface area (Å²) in [7, 11) is 0. The molecule has 4 aliphatic carbocycles. The molecule has 11 atom stereocenters. The molecule has 0 aromatic heterocycles. The van der Waals surface area contributed by atoms with Crippen LogP contribution < -0.4 is 37.5 Å². The lowest BCUT2D eigenvalue weighted by atomic mass is 9.45. The van der Waals surface area contributed by atoms with Crippen molar-refractivity contribution >= 4 is 46.9 Å². The summed E-state index contributed by atoms with van der Waals surface area (Å²) in [4.78, 5) is 76.6. The fourth-order valence-electron chi connectivity index (χ4n) is 11.2. The number of fused-ring (bicyclic) bond motifs is 7. The Morgan fingerprint density at radius 2 is 1.63 bits per heavy atom. The highest BCUT2D eigenvalue weighted by molar-refractivity contribution is 6.01. The van der Waals surface area contributed by atoms with E-state index in [4.69, 9.17) is 30.4 Å². The van der Waals surface area contributed by atoms with E-state index in [1.54, 1.807) is 69.3 Å². The first kappa shape index (κ1) is 50.2. The molecule has 68 heavy (non-hydrogen) atoms. The van der Waals surface area contributed by atoms with Gasteiger partial charge in [0.2, 0.25) is 17.6 Å². The van der Waals surface area contributed by atoms with Crippen molar-refractivity contribution in [3.8, 4) is 5.75 Å². The van der Waals surface area contributed by atoms with Crippen LogP contribution in [0.25, 0.3) is 0 Å². The number of carbonyl (C=O) groups excluding carboxylic acids is 6. The number of anilines is 2. The van der Waals surface area contributed by atoms with Crippen LogP contribution >= 0.6 is 0 Å². The zero-order valence-corrected chi connectivity index (χ0v) is 39.2. The fraction of sp³-hybridized carbons (Fsp3) is 0.560. The van der Waals surface area contributed by atoms with Crippen molar-refractivity contribution in [2.75, 3.05) is 23.8 Å². The number of nitrogens with one attached hydrogen (secondary N) is 4. The van der Waals surface area contributed by atoms with Gasteiger partial charge in [-0.2, -0.15) is 0 Å². The average Bonchev–Trinajstić information content (AvgIpc) is 3.79. The molecule has 1 aliphatic heterocycles. The minimum absolute atomic E-state index is 0.0532. The number of allylic oxidation sites excluding steroid dienone is 4. The number of hydrogen-bond acceptors (Lipinski definition) is 11. The van der Waals surface area contributed by atoms with E-state index >= 15 is 8.78 Å². The molecule has 7 rings (SSSR count). The molecule has 0 radical (unpaired) electrons. The van der Waals surface area contributed by atoms with Crippen molar-refractivity contribution in [2.45, 2.75) is 135 Å². The van der Waals surface area contributed by atoms with E-state index in [9.17, 15) is 28.8 Å². The summed E-state index contributed by atoms with van der Waals surface area (Å²) in [6.45, 7) is 8.97. The maximum absolute atomic E-state index is 17.7. The molecule has 2 aromatic rings. The Labute approximate surface area is 395 Å². The summed E-state index contributed by atoms with van der Waals surface area (Å²) in [5, 5.41) is 10.6. The van der Waals surface area contributed by atoms with Crippen LogP contribution in [0.1, 0.15) is 91.5 Å². The van der Waals surface area contributed by atoms with Gasteiger partial charge < -0.3 is 46.4 Å². The molecule has 1 heterocycles. The van der Waals surface area contributed by atoms with Gasteiger partial charge in [-0.3, -0.25) is 24.5 Å². The first-order valence-electron chi connectivity index (χ1n) is 23.5. The molecule has 368 valence electrons. The van der Waals surface area contributed by atoms with Crippen molar-refractivity contribution < 1.29 is 56.5 Å². The van der Waals surface area contributed by atoms with Crippen LogP contribution in [-0.2, 0) is 40.0 Å². The van der Waals surface area contributed by atoms with E-state index in [2.05, 4.69) is 21.3 Å². The van der Waals surface area contributed by atoms with Crippen LogP contribution in [0, 0.1) is 28.6 Å². The summed E-state index contributed by atoms with van der Waals surface area (Å²) >= 11 is 0. The molecule has 3 saturated carbocycles. The number of nitrogens with two attached hydrogens (primary N) is 2. The summed E-state index contributed by atoms with van der Waals surface area (Å²) < 4.78 is 58.3. The van der Waals surface area contributed by atoms with Crippen LogP contribution in [0.15, 0.2) is 72.3 Å². The van der Waals surface area contributed by atoms with Gasteiger partial charge >= 0.3 is 12.1 Å². The molecule has 8 N–H and O–H groups in total. The lowest BCUT2D eigenvalue weighted by Gasteiger charge is -2.61. The molecule has 5 amide bonds. The summed E-state index contributed by atoms with van der Waals surface area (Å²) in [5.41, 5.74) is 7.27. The van der Waals surface area contributed by atoms with E-state index in [0.29, 0.717) is 42.0 Å². The summed E-state index contributed by atoms with van der Waals surface area (Å²) in [6, 6.07) is 10.5. The molecule has 16 nitrogen and oxygen atoms in total. The number of halogens is 2. The standard InChI is InChI=1S/C50H64F2N6O10/c1-6-8-41-67-40-25-34-35-24-37(51)36-23-32(59)18-19-47(36,4)49(35,52)21-20-48(34,5)50(40,68-41)39(60)27-65-33-16-14-31(15-17-33)57-46(64)66-26-29-10-12-30(13-11-29)56-43(61)38(9-7-22-55-45(54)63)58-44(62)42(53)28(2)3/h10-19,23,28,34-35,37-38,40-42H,6-9,20-22,24-27,53H2,1-5H3,(H,56,61)(H,57,64)(H,58,62)(H3,54,55,63)/t34-,35-,37-,38-,40+,41?,42-,47-,48-,49+,50+/m0/s1. The van der Waals surface area contributed by atoms with Gasteiger partial charge in [0.1, 0.15) is 36.8 Å². The average molecular weight is 947 g/mol. The van der Waals surface area contributed by atoms with Gasteiger partial charge in [0.15, 0.2) is 17.7 Å². The van der Waals surface area contributed by atoms with E-state index in [0.717, 1.165) is 6.42 Å². The number of primary amides is 1. The Kier molecular flexibility index (Phi) is 14.8. The van der Waals surface area contributed by atoms with Crippen molar-refractivity contribution in [2.24, 2.45) is 40.1 Å². The molecular formula is C50H64F2N6O10. The molecular weight excluding hydrogens is 883 g/mol. The quantitative estimate of drug-likeness (QED) is 0.0885. The van der Waals surface area contributed by atoms with Crippen molar-refractivity contribution in [3.05, 3.63) is 77.9 Å². The van der Waals surface area contributed by atoms with Crippen molar-refractivity contribution in [1.29, 1.82) is 0 Å². The van der Waals surface area contributed by atoms with E-state index < -0.39 is 88.5 Å². The highest BCUT2D eigenvalue weighted by atomic mass is 19.1. The van der Waals surface area contributed by atoms with Crippen molar-refractivity contribution in [1.82, 2.24) is 10.6 Å². The third-order valence-electron chi connectivity index (χ3n) is 15.1. The number of rotatable bonds is 18. The number of benzene rings is 2. The molecule has 4 fully saturated rings. The highest BCUT2D eigenvalue weighted by Crippen LogP contribution is 2.72. The smallest absolute Gasteiger partial charge is 0.411 e. The monoisotopic (exact) mass is 946 g/mol.